The van der Waals surface area contributed by atoms with Crippen LogP contribution in [0.2, 0.25) is 0 Å². The minimum Gasteiger partial charge on any atom is -0.497 e. The summed E-state index contributed by atoms with van der Waals surface area (Å²) in [6, 6.07) is 16.8. The lowest BCUT2D eigenvalue weighted by Gasteiger charge is -2.17. The number of carboxylic acid groups (broad SMARTS) is 1. The van der Waals surface area contributed by atoms with Gasteiger partial charge in [0.1, 0.15) is 17.4 Å². The largest absolute Gasteiger partial charge is 0.497 e. The summed E-state index contributed by atoms with van der Waals surface area (Å²) < 4.78 is 37.1. The van der Waals surface area contributed by atoms with E-state index in [0.29, 0.717) is 0 Å². The number of nitrogens with one attached hydrogen (secondary N) is 2. The number of H-pyrrole nitrogens is 1. The van der Waals surface area contributed by atoms with Gasteiger partial charge in [0.2, 0.25) is 0 Å². The first-order chi connectivity index (χ1) is 20.8. The molecular formula is C33H42F3N5O3. The van der Waals surface area contributed by atoms with Crippen LogP contribution in [0, 0.1) is 0 Å². The van der Waals surface area contributed by atoms with Crippen molar-refractivity contribution in [3.8, 4) is 28.3 Å². The molecule has 0 aliphatic rings. The van der Waals surface area contributed by atoms with E-state index >= 15 is 0 Å². The number of aromatic amines is 1. The van der Waals surface area contributed by atoms with Crippen molar-refractivity contribution in [2.45, 2.75) is 59.1 Å². The van der Waals surface area contributed by atoms with Crippen LogP contribution in [0.5, 0.6) is 5.75 Å². The van der Waals surface area contributed by atoms with E-state index < -0.39 is 12.1 Å². The number of carbonyl (C=O) groups is 1. The maximum atomic E-state index is 10.6. The van der Waals surface area contributed by atoms with Gasteiger partial charge in [0.05, 0.1) is 18.5 Å². The second kappa shape index (κ2) is 15.1. The Morgan fingerprint density at radius 3 is 2.25 bits per heavy atom. The Morgan fingerprint density at radius 1 is 0.977 bits per heavy atom. The Balaban J connectivity index is 0.000000676. The fourth-order valence-corrected chi connectivity index (χ4v) is 4.54. The minimum atomic E-state index is -5.08. The number of carboxylic acids is 1. The number of hydrogen-bond donors (Lipinski definition) is 3. The second-order valence-corrected chi connectivity index (χ2v) is 11.4. The Hall–Kier alpha value is -4.12. The highest BCUT2D eigenvalue weighted by Gasteiger charge is 2.38. The fourth-order valence-electron chi connectivity index (χ4n) is 4.54. The summed E-state index contributed by atoms with van der Waals surface area (Å²) in [6.45, 7) is 15.3. The zero-order valence-corrected chi connectivity index (χ0v) is 26.2. The number of fused-ring (bicyclic) bond motifs is 1. The lowest BCUT2D eigenvalue weighted by atomic mass is 9.96. The summed E-state index contributed by atoms with van der Waals surface area (Å²) in [4.78, 5) is 24.7. The first-order valence-electron chi connectivity index (χ1n) is 14.7. The first kappa shape index (κ1) is 34.4. The number of halogens is 3. The van der Waals surface area contributed by atoms with Crippen molar-refractivity contribution in [2.75, 3.05) is 38.6 Å². The average Bonchev–Trinajstić information content (AvgIpc) is 3.45. The normalized spacial score (nSPS) is 11.8. The lowest BCUT2D eigenvalue weighted by molar-refractivity contribution is -0.192. The van der Waals surface area contributed by atoms with Crippen molar-refractivity contribution in [2.24, 2.45) is 0 Å². The molecule has 0 aliphatic carbocycles. The van der Waals surface area contributed by atoms with E-state index in [1.165, 1.54) is 6.42 Å². The number of alkyl halides is 3. The second-order valence-electron chi connectivity index (χ2n) is 11.4. The molecule has 3 N–H and O–H groups in total. The van der Waals surface area contributed by atoms with Gasteiger partial charge in [0.15, 0.2) is 0 Å². The fraction of sp³-hybridized carbons (Fsp3) is 0.424. The van der Waals surface area contributed by atoms with Gasteiger partial charge in [-0.3, -0.25) is 0 Å². The van der Waals surface area contributed by atoms with Gasteiger partial charge in [0.25, 0.3) is 0 Å². The summed E-state index contributed by atoms with van der Waals surface area (Å²) in [5.41, 5.74) is 4.04. The number of aliphatic carboxylic acids is 1. The number of rotatable bonds is 11. The summed E-state index contributed by atoms with van der Waals surface area (Å²) >= 11 is 0. The topological polar surface area (TPSA) is 103 Å². The smallest absolute Gasteiger partial charge is 0.490 e. The molecule has 0 unspecified atom stereocenters. The number of benzene rings is 2. The molecule has 0 bridgehead atoms. The van der Waals surface area contributed by atoms with Gasteiger partial charge in [-0.15, -0.1) is 0 Å². The molecule has 2 heterocycles. The van der Waals surface area contributed by atoms with Gasteiger partial charge in [-0.25, -0.2) is 14.8 Å². The molecule has 44 heavy (non-hydrogen) atoms. The molecule has 0 aliphatic heterocycles. The molecular weight excluding hydrogens is 571 g/mol. The highest BCUT2D eigenvalue weighted by Crippen LogP contribution is 2.35. The van der Waals surface area contributed by atoms with Gasteiger partial charge in [-0.2, -0.15) is 13.2 Å². The van der Waals surface area contributed by atoms with Crippen LogP contribution in [0.1, 0.15) is 53.3 Å². The van der Waals surface area contributed by atoms with E-state index in [1.807, 2.05) is 12.3 Å². The number of unbranched alkanes of at least 4 members (excludes halogenated alkanes) is 1. The average molecular weight is 614 g/mol. The zero-order valence-electron chi connectivity index (χ0n) is 26.2. The number of pyridine rings is 1. The number of ether oxygens (including phenoxy) is 1. The summed E-state index contributed by atoms with van der Waals surface area (Å²) in [5.74, 6) is -0.0352. The monoisotopic (exact) mass is 613 g/mol. The number of methoxy groups -OCH3 is 1. The molecule has 0 fully saturated rings. The van der Waals surface area contributed by atoms with Crippen LogP contribution in [0.25, 0.3) is 33.3 Å². The Morgan fingerprint density at radius 2 is 1.64 bits per heavy atom. The van der Waals surface area contributed by atoms with Gasteiger partial charge in [0, 0.05) is 29.3 Å². The van der Waals surface area contributed by atoms with Crippen LogP contribution in [-0.4, -0.2) is 70.4 Å². The summed E-state index contributed by atoms with van der Waals surface area (Å²) in [7, 11) is 1.70. The molecule has 0 saturated heterocycles. The predicted octanol–water partition coefficient (Wildman–Crippen LogP) is 7.77. The molecule has 0 amide bonds. The third-order valence-corrected chi connectivity index (χ3v) is 7.13. The van der Waals surface area contributed by atoms with E-state index in [1.54, 1.807) is 7.11 Å². The highest BCUT2D eigenvalue weighted by atomic mass is 19.4. The van der Waals surface area contributed by atoms with Crippen LogP contribution in [0.4, 0.5) is 19.0 Å². The Kier molecular flexibility index (Phi) is 11.8. The van der Waals surface area contributed by atoms with Crippen LogP contribution in [0.15, 0.2) is 54.7 Å². The van der Waals surface area contributed by atoms with Crippen LogP contribution in [-0.2, 0) is 10.2 Å². The van der Waals surface area contributed by atoms with Crippen molar-refractivity contribution in [1.29, 1.82) is 0 Å². The number of anilines is 1. The van der Waals surface area contributed by atoms with E-state index in [2.05, 4.69) is 97.3 Å². The molecule has 0 atom stereocenters. The maximum Gasteiger partial charge on any atom is 0.490 e. The third kappa shape index (κ3) is 9.44. The quantitative estimate of drug-likeness (QED) is 0.149. The highest BCUT2D eigenvalue weighted by molar-refractivity contribution is 5.90. The molecule has 2 aromatic carbocycles. The number of imidazole rings is 1. The summed E-state index contributed by atoms with van der Waals surface area (Å²) in [5, 5.41) is 12.9. The van der Waals surface area contributed by atoms with Crippen molar-refractivity contribution in [3.05, 3.63) is 60.6 Å². The standard InChI is InChI=1S/C31H41N5O.C2HF3O2/c1-7-36(8-2)18-10-9-16-32-27-21-25(15-17-33-27)29-28(34-30(35-29)31(3,4)5)24-12-11-23-20-26(37-6)14-13-22(23)19-24;3-2(4,5)1(6)7/h11-15,17,19-21H,7-10,16,18H2,1-6H3,(H,32,33)(H,34,35);(H,6,7). The molecule has 0 radical (unpaired) electrons. The van der Waals surface area contributed by atoms with Crippen LogP contribution >= 0.6 is 0 Å². The molecule has 238 valence electrons. The van der Waals surface area contributed by atoms with Gasteiger partial charge < -0.3 is 25.0 Å². The maximum absolute atomic E-state index is 10.6. The van der Waals surface area contributed by atoms with Gasteiger partial charge in [-0.05, 0) is 73.6 Å². The molecule has 2 aromatic heterocycles. The van der Waals surface area contributed by atoms with Crippen molar-refractivity contribution in [1.82, 2.24) is 19.9 Å². The lowest BCUT2D eigenvalue weighted by Crippen LogP contribution is -2.24. The third-order valence-electron chi connectivity index (χ3n) is 7.13. The molecule has 11 heteroatoms. The molecule has 4 rings (SSSR count). The van der Waals surface area contributed by atoms with Crippen LogP contribution < -0.4 is 10.1 Å². The van der Waals surface area contributed by atoms with E-state index in [-0.39, 0.29) is 5.41 Å². The van der Waals surface area contributed by atoms with Gasteiger partial charge >= 0.3 is 12.1 Å². The Labute approximate surface area is 256 Å². The minimum absolute atomic E-state index is 0.101. The molecule has 8 nitrogen and oxygen atoms in total. The predicted molar refractivity (Wildman–Crippen MR) is 169 cm³/mol. The molecule has 0 spiro atoms. The molecule has 0 saturated carbocycles. The van der Waals surface area contributed by atoms with Crippen molar-refractivity contribution in [3.63, 3.8) is 0 Å². The number of aromatic nitrogens is 3. The van der Waals surface area contributed by atoms with Crippen molar-refractivity contribution >= 4 is 22.6 Å². The Bertz CT molecular complexity index is 1530. The summed E-state index contributed by atoms with van der Waals surface area (Å²) in [6.07, 6.45) is -0.906. The van der Waals surface area contributed by atoms with E-state index in [0.717, 1.165) is 83.3 Å². The first-order valence-corrected chi connectivity index (χ1v) is 14.7. The SMILES string of the molecule is CCN(CC)CCCCNc1cc(-c2[nH]c(C(C)(C)C)nc2-c2ccc3cc(OC)ccc3c2)ccn1.O=C(O)C(F)(F)F. The molecule has 4 aromatic rings. The van der Waals surface area contributed by atoms with E-state index in [9.17, 15) is 13.2 Å². The van der Waals surface area contributed by atoms with E-state index in [4.69, 9.17) is 19.6 Å². The van der Waals surface area contributed by atoms with Crippen LogP contribution in [0.3, 0.4) is 0 Å². The zero-order chi connectivity index (χ0) is 32.5. The van der Waals surface area contributed by atoms with Crippen molar-refractivity contribution < 1.29 is 27.8 Å². The van der Waals surface area contributed by atoms with Gasteiger partial charge in [-0.1, -0.05) is 52.8 Å². The number of hydrogen-bond acceptors (Lipinski definition) is 6. The number of nitrogens with zero attached hydrogens (tertiary/aromatic N) is 3.